The van der Waals surface area contributed by atoms with Gasteiger partial charge in [-0.3, -0.25) is 4.79 Å². The average molecular weight is 194 g/mol. The third kappa shape index (κ3) is 1.32. The molecule has 0 aliphatic heterocycles. The average Bonchev–Trinajstić information content (AvgIpc) is 2.32. The normalized spacial score (nSPS) is 35.7. The molecule has 0 radical (unpaired) electrons. The number of Topliss-reactive ketones (excluding diaryl/α,β-unsaturated/α-hetero) is 1. The van der Waals surface area contributed by atoms with Crippen LogP contribution in [0.2, 0.25) is 0 Å². The Hall–Kier alpha value is -0.330. The number of ketones is 1. The highest BCUT2D eigenvalue weighted by molar-refractivity contribution is 5.83. The molecular weight excluding hydrogens is 172 g/mol. The van der Waals surface area contributed by atoms with Crippen molar-refractivity contribution in [2.45, 2.75) is 53.4 Å². The molecule has 14 heavy (non-hydrogen) atoms. The summed E-state index contributed by atoms with van der Waals surface area (Å²) in [6.45, 7) is 9.31. The Morgan fingerprint density at radius 2 is 1.71 bits per heavy atom. The third-order valence-electron chi connectivity index (χ3n) is 4.35. The molecule has 0 heterocycles. The second-order valence-electron chi connectivity index (χ2n) is 6.60. The van der Waals surface area contributed by atoms with E-state index in [0.29, 0.717) is 28.4 Å². The summed E-state index contributed by atoms with van der Waals surface area (Å²) < 4.78 is 0. The van der Waals surface area contributed by atoms with E-state index in [1.807, 2.05) is 0 Å². The number of carbonyl (C=O) groups excluding carboxylic acids is 1. The van der Waals surface area contributed by atoms with Crippen LogP contribution < -0.4 is 0 Å². The summed E-state index contributed by atoms with van der Waals surface area (Å²) in [5, 5.41) is 0. The van der Waals surface area contributed by atoms with E-state index in [4.69, 9.17) is 0 Å². The molecule has 1 unspecified atom stereocenters. The van der Waals surface area contributed by atoms with Crippen LogP contribution in [0.15, 0.2) is 0 Å². The van der Waals surface area contributed by atoms with Gasteiger partial charge in [-0.1, -0.05) is 27.7 Å². The van der Waals surface area contributed by atoms with E-state index in [-0.39, 0.29) is 0 Å². The molecule has 2 saturated carbocycles. The van der Waals surface area contributed by atoms with Crippen molar-refractivity contribution in [3.8, 4) is 0 Å². The highest BCUT2D eigenvalue weighted by Crippen LogP contribution is 2.63. The number of rotatable bonds is 1. The zero-order valence-electron chi connectivity index (χ0n) is 9.89. The van der Waals surface area contributed by atoms with Gasteiger partial charge in [-0.25, -0.2) is 0 Å². The Labute approximate surface area is 87.3 Å². The SMILES string of the molecule is CC1(C)CC(C)(C)C1C1CCCC1=O. The standard InChI is InChI=1S/C13H22O/c1-12(2)8-13(3,4)11(12)9-6-5-7-10(9)14/h9,11H,5-8H2,1-4H3. The van der Waals surface area contributed by atoms with Crippen molar-refractivity contribution in [1.29, 1.82) is 0 Å². The number of carbonyl (C=O) groups is 1. The first-order chi connectivity index (χ1) is 6.34. The van der Waals surface area contributed by atoms with Gasteiger partial charge in [-0.05, 0) is 36.0 Å². The quantitative estimate of drug-likeness (QED) is 0.625. The fraction of sp³-hybridized carbons (Fsp3) is 0.923. The molecule has 1 heteroatoms. The molecule has 2 rings (SSSR count). The number of hydrogen-bond acceptors (Lipinski definition) is 1. The molecule has 2 aliphatic carbocycles. The van der Waals surface area contributed by atoms with Gasteiger partial charge in [0, 0.05) is 12.3 Å². The first-order valence-corrected chi connectivity index (χ1v) is 5.87. The van der Waals surface area contributed by atoms with Gasteiger partial charge in [0.25, 0.3) is 0 Å². The fourth-order valence-corrected chi connectivity index (χ4v) is 4.61. The summed E-state index contributed by atoms with van der Waals surface area (Å²) in [4.78, 5) is 11.8. The van der Waals surface area contributed by atoms with Crippen LogP contribution in [-0.4, -0.2) is 5.78 Å². The monoisotopic (exact) mass is 194 g/mol. The molecule has 0 bridgehead atoms. The van der Waals surface area contributed by atoms with Gasteiger partial charge >= 0.3 is 0 Å². The van der Waals surface area contributed by atoms with Crippen LogP contribution in [-0.2, 0) is 4.79 Å². The minimum atomic E-state index is 0.383. The van der Waals surface area contributed by atoms with Crippen molar-refractivity contribution in [1.82, 2.24) is 0 Å². The molecule has 1 atom stereocenters. The highest BCUT2D eigenvalue weighted by atomic mass is 16.1. The Kier molecular flexibility index (Phi) is 2.06. The van der Waals surface area contributed by atoms with Crippen LogP contribution in [0.4, 0.5) is 0 Å². The van der Waals surface area contributed by atoms with Gasteiger partial charge in [0.1, 0.15) is 5.78 Å². The zero-order chi connectivity index (χ0) is 10.6. The summed E-state index contributed by atoms with van der Waals surface area (Å²) in [5.74, 6) is 1.55. The second kappa shape index (κ2) is 2.84. The van der Waals surface area contributed by atoms with Gasteiger partial charge < -0.3 is 0 Å². The predicted octanol–water partition coefficient (Wildman–Crippen LogP) is 3.43. The summed E-state index contributed by atoms with van der Waals surface area (Å²) in [6.07, 6.45) is 4.39. The fourth-order valence-electron chi connectivity index (χ4n) is 4.61. The lowest BCUT2D eigenvalue weighted by molar-refractivity contribution is -0.144. The maximum Gasteiger partial charge on any atom is 0.136 e. The molecule has 2 aliphatic rings. The van der Waals surface area contributed by atoms with E-state index in [9.17, 15) is 4.79 Å². The molecule has 0 aromatic rings. The van der Waals surface area contributed by atoms with Crippen molar-refractivity contribution >= 4 is 5.78 Å². The Morgan fingerprint density at radius 1 is 1.14 bits per heavy atom. The summed E-state index contributed by atoms with van der Waals surface area (Å²) in [7, 11) is 0. The van der Waals surface area contributed by atoms with Crippen molar-refractivity contribution < 1.29 is 4.79 Å². The van der Waals surface area contributed by atoms with E-state index in [2.05, 4.69) is 27.7 Å². The minimum Gasteiger partial charge on any atom is -0.299 e. The van der Waals surface area contributed by atoms with Crippen LogP contribution in [0.1, 0.15) is 53.4 Å². The van der Waals surface area contributed by atoms with Crippen LogP contribution in [0.25, 0.3) is 0 Å². The van der Waals surface area contributed by atoms with Gasteiger partial charge in [-0.2, -0.15) is 0 Å². The Morgan fingerprint density at radius 3 is 2.07 bits per heavy atom. The van der Waals surface area contributed by atoms with Crippen molar-refractivity contribution in [3.63, 3.8) is 0 Å². The molecule has 2 fully saturated rings. The highest BCUT2D eigenvalue weighted by Gasteiger charge is 2.57. The maximum absolute atomic E-state index is 11.8. The Balaban J connectivity index is 2.19. The predicted molar refractivity (Wildman–Crippen MR) is 58.0 cm³/mol. The molecule has 0 aromatic carbocycles. The van der Waals surface area contributed by atoms with Gasteiger partial charge in [-0.15, -0.1) is 0 Å². The molecule has 0 aromatic heterocycles. The van der Waals surface area contributed by atoms with Crippen LogP contribution in [0.5, 0.6) is 0 Å². The molecule has 0 saturated heterocycles. The second-order valence-corrected chi connectivity index (χ2v) is 6.60. The van der Waals surface area contributed by atoms with Crippen molar-refractivity contribution in [2.24, 2.45) is 22.7 Å². The molecule has 0 N–H and O–H groups in total. The lowest BCUT2D eigenvalue weighted by Gasteiger charge is -2.60. The minimum absolute atomic E-state index is 0.383. The topological polar surface area (TPSA) is 17.1 Å². The zero-order valence-corrected chi connectivity index (χ0v) is 9.89. The van der Waals surface area contributed by atoms with E-state index < -0.39 is 0 Å². The lowest BCUT2D eigenvalue weighted by Crippen LogP contribution is -2.54. The molecule has 0 amide bonds. The summed E-state index contributed by atoms with van der Waals surface area (Å²) in [5.41, 5.74) is 0.794. The largest absolute Gasteiger partial charge is 0.299 e. The molecule has 1 nitrogen and oxygen atoms in total. The molecule has 80 valence electrons. The lowest BCUT2D eigenvalue weighted by atomic mass is 9.44. The van der Waals surface area contributed by atoms with Gasteiger partial charge in [0.2, 0.25) is 0 Å². The van der Waals surface area contributed by atoms with Crippen LogP contribution in [0, 0.1) is 22.7 Å². The molecular formula is C13H22O. The van der Waals surface area contributed by atoms with E-state index in [1.165, 1.54) is 6.42 Å². The van der Waals surface area contributed by atoms with E-state index in [1.54, 1.807) is 0 Å². The summed E-state index contributed by atoms with van der Waals surface area (Å²) >= 11 is 0. The first-order valence-electron chi connectivity index (χ1n) is 5.87. The molecule has 0 spiro atoms. The van der Waals surface area contributed by atoms with E-state index >= 15 is 0 Å². The summed E-state index contributed by atoms with van der Waals surface area (Å²) in [6, 6.07) is 0. The smallest absolute Gasteiger partial charge is 0.136 e. The van der Waals surface area contributed by atoms with Crippen LogP contribution >= 0.6 is 0 Å². The van der Waals surface area contributed by atoms with Gasteiger partial charge in [0.05, 0.1) is 0 Å². The number of hydrogen-bond donors (Lipinski definition) is 0. The van der Waals surface area contributed by atoms with E-state index in [0.717, 1.165) is 19.3 Å². The first kappa shape index (κ1) is 10.2. The maximum atomic E-state index is 11.8. The van der Waals surface area contributed by atoms with Crippen molar-refractivity contribution in [2.75, 3.05) is 0 Å². The Bertz CT molecular complexity index is 248. The van der Waals surface area contributed by atoms with Crippen LogP contribution in [0.3, 0.4) is 0 Å². The third-order valence-corrected chi connectivity index (χ3v) is 4.35. The van der Waals surface area contributed by atoms with Gasteiger partial charge in [0.15, 0.2) is 0 Å². The van der Waals surface area contributed by atoms with Crippen molar-refractivity contribution in [3.05, 3.63) is 0 Å².